The summed E-state index contributed by atoms with van der Waals surface area (Å²) in [6.07, 6.45) is 0.982. The molecular weight excluding hydrogens is 260 g/mol. The molecule has 1 heterocycles. The van der Waals surface area contributed by atoms with Crippen LogP contribution in [0.2, 0.25) is 0 Å². The highest BCUT2D eigenvalue weighted by atomic mass is 15.2. The Balaban J connectivity index is 2.43. The summed E-state index contributed by atoms with van der Waals surface area (Å²) < 4.78 is 2.31. The number of nitrogens with zero attached hydrogens (tertiary/aromatic N) is 3. The van der Waals surface area contributed by atoms with Crippen molar-refractivity contribution in [3.8, 4) is 0 Å². The first-order chi connectivity index (χ1) is 10.1. The predicted molar refractivity (Wildman–Crippen MR) is 89.4 cm³/mol. The van der Waals surface area contributed by atoms with E-state index in [9.17, 15) is 0 Å². The van der Waals surface area contributed by atoms with Gasteiger partial charge in [-0.1, -0.05) is 26.8 Å². The van der Waals surface area contributed by atoms with E-state index in [0.717, 1.165) is 43.9 Å². The number of rotatable bonds is 7. The van der Waals surface area contributed by atoms with Gasteiger partial charge in [-0.25, -0.2) is 4.98 Å². The van der Waals surface area contributed by atoms with Crippen molar-refractivity contribution in [2.75, 3.05) is 13.1 Å². The number of aromatic nitrogens is 2. The van der Waals surface area contributed by atoms with Gasteiger partial charge in [0.15, 0.2) is 0 Å². The molecule has 0 aliphatic heterocycles. The van der Waals surface area contributed by atoms with Crippen molar-refractivity contribution in [3.63, 3.8) is 0 Å². The molecule has 0 bridgehead atoms. The fraction of sp³-hybridized carbons (Fsp3) is 0.588. The minimum atomic E-state index is 0.180. The lowest BCUT2D eigenvalue weighted by atomic mass is 10.2. The SMILES string of the molecule is CCC(N)Cn1c(CN(CC)CC)nc2cc(C)ccc21. The average molecular weight is 288 g/mol. The maximum atomic E-state index is 6.19. The van der Waals surface area contributed by atoms with E-state index in [-0.39, 0.29) is 6.04 Å². The molecule has 0 saturated carbocycles. The van der Waals surface area contributed by atoms with E-state index in [2.05, 4.69) is 55.4 Å². The zero-order valence-electron chi connectivity index (χ0n) is 13.8. The van der Waals surface area contributed by atoms with Crippen molar-refractivity contribution in [3.05, 3.63) is 29.6 Å². The Kier molecular flexibility index (Phi) is 5.37. The molecule has 2 aromatic rings. The van der Waals surface area contributed by atoms with Gasteiger partial charge in [0.1, 0.15) is 5.82 Å². The second kappa shape index (κ2) is 7.05. The third-order valence-electron chi connectivity index (χ3n) is 4.18. The monoisotopic (exact) mass is 288 g/mol. The van der Waals surface area contributed by atoms with Gasteiger partial charge >= 0.3 is 0 Å². The first-order valence-electron chi connectivity index (χ1n) is 8.02. The van der Waals surface area contributed by atoms with Gasteiger partial charge in [-0.15, -0.1) is 0 Å². The van der Waals surface area contributed by atoms with Gasteiger partial charge in [0.05, 0.1) is 17.6 Å². The summed E-state index contributed by atoms with van der Waals surface area (Å²) in [5.41, 5.74) is 9.72. The van der Waals surface area contributed by atoms with E-state index < -0.39 is 0 Å². The molecule has 0 fully saturated rings. The molecule has 0 spiro atoms. The van der Waals surface area contributed by atoms with Crippen LogP contribution < -0.4 is 5.73 Å². The van der Waals surface area contributed by atoms with Crippen molar-refractivity contribution in [1.29, 1.82) is 0 Å². The van der Waals surface area contributed by atoms with Gasteiger partial charge in [0, 0.05) is 12.6 Å². The van der Waals surface area contributed by atoms with Crippen LogP contribution in [0.15, 0.2) is 18.2 Å². The molecule has 1 aromatic heterocycles. The lowest BCUT2D eigenvalue weighted by Crippen LogP contribution is -2.29. The van der Waals surface area contributed by atoms with Crippen LogP contribution >= 0.6 is 0 Å². The Morgan fingerprint density at radius 3 is 2.57 bits per heavy atom. The summed E-state index contributed by atoms with van der Waals surface area (Å²) >= 11 is 0. The molecule has 116 valence electrons. The number of fused-ring (bicyclic) bond motifs is 1. The zero-order valence-corrected chi connectivity index (χ0v) is 13.8. The number of nitrogens with two attached hydrogens (primary N) is 1. The number of aryl methyl sites for hydroxylation is 1. The van der Waals surface area contributed by atoms with Gasteiger partial charge in [0.25, 0.3) is 0 Å². The average Bonchev–Trinajstić information content (AvgIpc) is 2.81. The summed E-state index contributed by atoms with van der Waals surface area (Å²) in [6, 6.07) is 6.67. The molecule has 0 aliphatic carbocycles. The quantitative estimate of drug-likeness (QED) is 0.852. The Bertz CT molecular complexity index is 584. The van der Waals surface area contributed by atoms with E-state index >= 15 is 0 Å². The highest BCUT2D eigenvalue weighted by Gasteiger charge is 2.14. The van der Waals surface area contributed by atoms with Gasteiger partial charge in [-0.2, -0.15) is 0 Å². The molecule has 1 atom stereocenters. The molecule has 2 N–H and O–H groups in total. The molecular formula is C17H28N4. The number of hydrogen-bond donors (Lipinski definition) is 1. The summed E-state index contributed by atoms with van der Waals surface area (Å²) in [6.45, 7) is 12.4. The lowest BCUT2D eigenvalue weighted by Gasteiger charge is -2.20. The Labute approximate surface area is 128 Å². The Morgan fingerprint density at radius 2 is 1.95 bits per heavy atom. The molecule has 4 nitrogen and oxygen atoms in total. The van der Waals surface area contributed by atoms with E-state index in [0.29, 0.717) is 0 Å². The van der Waals surface area contributed by atoms with Gasteiger partial charge in [0.2, 0.25) is 0 Å². The number of benzene rings is 1. The van der Waals surface area contributed by atoms with Crippen molar-refractivity contribution in [2.45, 2.75) is 53.2 Å². The molecule has 0 saturated heterocycles. The predicted octanol–water partition coefficient (Wildman–Crippen LogP) is 2.92. The molecule has 4 heteroatoms. The maximum absolute atomic E-state index is 6.19. The zero-order chi connectivity index (χ0) is 15.4. The molecule has 1 unspecified atom stereocenters. The van der Waals surface area contributed by atoms with E-state index in [1.165, 1.54) is 11.1 Å². The molecule has 0 amide bonds. The normalized spacial score (nSPS) is 13.2. The van der Waals surface area contributed by atoms with Crippen LogP contribution in [0.5, 0.6) is 0 Å². The van der Waals surface area contributed by atoms with Crippen molar-refractivity contribution in [2.24, 2.45) is 5.73 Å². The molecule has 0 radical (unpaired) electrons. The molecule has 2 rings (SSSR count). The lowest BCUT2D eigenvalue weighted by molar-refractivity contribution is 0.283. The third kappa shape index (κ3) is 3.63. The Morgan fingerprint density at radius 1 is 1.24 bits per heavy atom. The summed E-state index contributed by atoms with van der Waals surface area (Å²) in [5, 5.41) is 0. The summed E-state index contributed by atoms with van der Waals surface area (Å²) in [5.74, 6) is 1.13. The minimum absolute atomic E-state index is 0.180. The van der Waals surface area contributed by atoms with Crippen LogP contribution in [-0.4, -0.2) is 33.6 Å². The number of imidazole rings is 1. The van der Waals surface area contributed by atoms with Crippen LogP contribution in [-0.2, 0) is 13.1 Å². The fourth-order valence-electron chi connectivity index (χ4n) is 2.62. The third-order valence-corrected chi connectivity index (χ3v) is 4.18. The highest BCUT2D eigenvalue weighted by molar-refractivity contribution is 5.76. The standard InChI is InChI=1S/C17H28N4/c1-5-14(18)11-21-16-9-8-13(4)10-15(16)19-17(21)12-20(6-2)7-3/h8-10,14H,5-7,11-12,18H2,1-4H3. The van der Waals surface area contributed by atoms with Crippen LogP contribution in [0.1, 0.15) is 38.6 Å². The maximum Gasteiger partial charge on any atom is 0.124 e. The van der Waals surface area contributed by atoms with Gasteiger partial charge in [-0.05, 0) is 44.1 Å². The van der Waals surface area contributed by atoms with Crippen molar-refractivity contribution >= 4 is 11.0 Å². The van der Waals surface area contributed by atoms with Gasteiger partial charge in [-0.3, -0.25) is 4.90 Å². The highest BCUT2D eigenvalue weighted by Crippen LogP contribution is 2.19. The van der Waals surface area contributed by atoms with E-state index in [1.807, 2.05) is 0 Å². The summed E-state index contributed by atoms with van der Waals surface area (Å²) in [7, 11) is 0. The molecule has 21 heavy (non-hydrogen) atoms. The van der Waals surface area contributed by atoms with Crippen LogP contribution in [0, 0.1) is 6.92 Å². The smallest absolute Gasteiger partial charge is 0.124 e. The van der Waals surface area contributed by atoms with Gasteiger partial charge < -0.3 is 10.3 Å². The molecule has 1 aromatic carbocycles. The Hall–Kier alpha value is -1.39. The summed E-state index contributed by atoms with van der Waals surface area (Å²) in [4.78, 5) is 7.25. The van der Waals surface area contributed by atoms with Crippen LogP contribution in [0.25, 0.3) is 11.0 Å². The second-order valence-electron chi connectivity index (χ2n) is 5.76. The first-order valence-corrected chi connectivity index (χ1v) is 8.02. The first kappa shape index (κ1) is 16.0. The van der Waals surface area contributed by atoms with Crippen molar-refractivity contribution in [1.82, 2.24) is 14.5 Å². The minimum Gasteiger partial charge on any atom is -0.326 e. The van der Waals surface area contributed by atoms with E-state index in [4.69, 9.17) is 10.7 Å². The van der Waals surface area contributed by atoms with E-state index in [1.54, 1.807) is 0 Å². The van der Waals surface area contributed by atoms with Crippen LogP contribution in [0.3, 0.4) is 0 Å². The van der Waals surface area contributed by atoms with Crippen molar-refractivity contribution < 1.29 is 0 Å². The number of hydrogen-bond acceptors (Lipinski definition) is 3. The fourth-order valence-corrected chi connectivity index (χ4v) is 2.62. The largest absolute Gasteiger partial charge is 0.326 e. The topological polar surface area (TPSA) is 47.1 Å². The molecule has 0 aliphatic rings. The van der Waals surface area contributed by atoms with Crippen LogP contribution in [0.4, 0.5) is 0 Å². The second-order valence-corrected chi connectivity index (χ2v) is 5.76.